The Morgan fingerprint density at radius 2 is 2.00 bits per heavy atom. The molecule has 0 fully saturated rings. The van der Waals surface area contributed by atoms with Gasteiger partial charge in [0.15, 0.2) is 16.8 Å². The van der Waals surface area contributed by atoms with Crippen molar-refractivity contribution in [3.8, 4) is 11.5 Å². The normalized spacial score (nSPS) is 10.6. The van der Waals surface area contributed by atoms with Crippen LogP contribution in [0.3, 0.4) is 0 Å². The largest absolute Gasteiger partial charge is 0.453 e. The van der Waals surface area contributed by atoms with Crippen molar-refractivity contribution in [2.45, 2.75) is 0 Å². The van der Waals surface area contributed by atoms with Crippen LogP contribution in [0.2, 0.25) is 0 Å². The van der Waals surface area contributed by atoms with Crippen LogP contribution >= 0.6 is 0 Å². The highest BCUT2D eigenvalue weighted by molar-refractivity contribution is 5.90. The Balaban J connectivity index is 2.07. The third-order valence-corrected chi connectivity index (χ3v) is 2.27. The van der Waals surface area contributed by atoms with Crippen LogP contribution < -0.4 is 10.5 Å². The molecule has 0 radical (unpaired) electrons. The van der Waals surface area contributed by atoms with Gasteiger partial charge in [0.25, 0.3) is 0 Å². The number of rotatable bonds is 2. The third kappa shape index (κ3) is 1.65. The zero-order valence-electron chi connectivity index (χ0n) is 8.70. The summed E-state index contributed by atoms with van der Waals surface area (Å²) >= 11 is 0. The number of nitrogen functional groups attached to an aromatic ring is 1. The lowest BCUT2D eigenvalue weighted by Gasteiger charge is -2.04. The lowest BCUT2D eigenvalue weighted by atomic mass is 10.2. The van der Waals surface area contributed by atoms with E-state index in [0.29, 0.717) is 28.2 Å². The van der Waals surface area contributed by atoms with Crippen LogP contribution in [0.5, 0.6) is 11.5 Å². The smallest absolute Gasteiger partial charge is 0.179 e. The van der Waals surface area contributed by atoms with Gasteiger partial charge in [-0.15, -0.1) is 0 Å². The molecule has 0 amide bonds. The minimum Gasteiger partial charge on any atom is -0.453 e. The standard InChI is InChI=1S/C11H8N4O2/c12-8-3-4-9(11-10(8)14-17-15-11)16-7-2-1-5-13-6-7/h1-6H,12H2. The van der Waals surface area contributed by atoms with Crippen molar-refractivity contribution < 1.29 is 9.37 Å². The van der Waals surface area contributed by atoms with Gasteiger partial charge in [-0.25, -0.2) is 4.63 Å². The number of fused-ring (bicyclic) bond motifs is 1. The van der Waals surface area contributed by atoms with Crippen molar-refractivity contribution in [2.75, 3.05) is 5.73 Å². The minimum atomic E-state index is 0.492. The Morgan fingerprint density at radius 1 is 1.12 bits per heavy atom. The molecule has 0 saturated carbocycles. The second-order valence-electron chi connectivity index (χ2n) is 3.41. The number of hydrogen-bond donors (Lipinski definition) is 1. The molecule has 1 aromatic carbocycles. The molecule has 6 heteroatoms. The quantitative estimate of drug-likeness (QED) is 0.675. The molecule has 84 valence electrons. The Hall–Kier alpha value is -2.63. The number of nitrogens with two attached hydrogens (primary N) is 1. The predicted octanol–water partition coefficient (Wildman–Crippen LogP) is 1.99. The average Bonchev–Trinajstić information content (AvgIpc) is 2.84. The highest BCUT2D eigenvalue weighted by Crippen LogP contribution is 2.30. The number of aromatic nitrogens is 3. The number of nitrogens with zero attached hydrogens (tertiary/aromatic N) is 3. The van der Waals surface area contributed by atoms with E-state index in [1.54, 1.807) is 36.7 Å². The van der Waals surface area contributed by atoms with E-state index in [4.69, 9.17) is 10.5 Å². The van der Waals surface area contributed by atoms with Gasteiger partial charge in [0.05, 0.1) is 11.9 Å². The fraction of sp³-hybridized carbons (Fsp3) is 0. The summed E-state index contributed by atoms with van der Waals surface area (Å²) in [7, 11) is 0. The van der Waals surface area contributed by atoms with Crippen molar-refractivity contribution in [3.05, 3.63) is 36.7 Å². The maximum absolute atomic E-state index is 5.73. The lowest BCUT2D eigenvalue weighted by Crippen LogP contribution is -1.90. The van der Waals surface area contributed by atoms with Gasteiger partial charge < -0.3 is 10.5 Å². The van der Waals surface area contributed by atoms with Crippen molar-refractivity contribution in [1.29, 1.82) is 0 Å². The van der Waals surface area contributed by atoms with Gasteiger partial charge in [-0.2, -0.15) is 0 Å². The fourth-order valence-electron chi connectivity index (χ4n) is 1.48. The molecule has 0 spiro atoms. The number of anilines is 1. The van der Waals surface area contributed by atoms with E-state index in [-0.39, 0.29) is 0 Å². The topological polar surface area (TPSA) is 87.1 Å². The van der Waals surface area contributed by atoms with E-state index < -0.39 is 0 Å². The van der Waals surface area contributed by atoms with Crippen LogP contribution in [0.1, 0.15) is 0 Å². The molecule has 17 heavy (non-hydrogen) atoms. The van der Waals surface area contributed by atoms with Gasteiger partial charge >= 0.3 is 0 Å². The van der Waals surface area contributed by atoms with E-state index in [2.05, 4.69) is 19.9 Å². The lowest BCUT2D eigenvalue weighted by molar-refractivity contribution is 0.314. The molecule has 0 aliphatic heterocycles. The van der Waals surface area contributed by atoms with Crippen LogP contribution in [0.25, 0.3) is 11.0 Å². The summed E-state index contributed by atoms with van der Waals surface area (Å²) in [5.41, 5.74) is 7.22. The first-order chi connectivity index (χ1) is 8.34. The summed E-state index contributed by atoms with van der Waals surface area (Å²) in [5, 5.41) is 7.48. The van der Waals surface area contributed by atoms with Gasteiger partial charge in [-0.1, -0.05) is 0 Å². The zero-order chi connectivity index (χ0) is 11.7. The molecule has 2 N–H and O–H groups in total. The van der Waals surface area contributed by atoms with Gasteiger partial charge in [0.2, 0.25) is 0 Å². The molecular weight excluding hydrogens is 220 g/mol. The molecule has 0 atom stereocenters. The summed E-state index contributed by atoms with van der Waals surface area (Å²) in [4.78, 5) is 3.96. The van der Waals surface area contributed by atoms with Crippen molar-refractivity contribution in [2.24, 2.45) is 0 Å². The second-order valence-corrected chi connectivity index (χ2v) is 3.41. The highest BCUT2D eigenvalue weighted by atomic mass is 16.6. The number of pyridine rings is 1. The van der Waals surface area contributed by atoms with Gasteiger partial charge in [0.1, 0.15) is 5.75 Å². The van der Waals surface area contributed by atoms with Crippen LogP contribution in [0.15, 0.2) is 41.3 Å². The number of ether oxygens (including phenoxy) is 1. The molecule has 0 unspecified atom stereocenters. The molecule has 0 saturated heterocycles. The summed E-state index contributed by atoms with van der Waals surface area (Å²) in [6.45, 7) is 0. The monoisotopic (exact) mass is 228 g/mol. The Morgan fingerprint density at radius 3 is 2.82 bits per heavy atom. The number of hydrogen-bond acceptors (Lipinski definition) is 6. The molecule has 0 aliphatic rings. The van der Waals surface area contributed by atoms with Gasteiger partial charge in [-0.3, -0.25) is 4.98 Å². The first-order valence-corrected chi connectivity index (χ1v) is 4.93. The molecule has 2 heterocycles. The second kappa shape index (κ2) is 3.75. The molecule has 2 aromatic heterocycles. The van der Waals surface area contributed by atoms with Gasteiger partial charge in [0, 0.05) is 6.20 Å². The Bertz CT molecular complexity index is 651. The summed E-state index contributed by atoms with van der Waals surface area (Å²) in [5.74, 6) is 1.14. The van der Waals surface area contributed by atoms with E-state index in [1.165, 1.54) is 0 Å². The van der Waals surface area contributed by atoms with Gasteiger partial charge in [-0.05, 0) is 34.6 Å². The van der Waals surface area contributed by atoms with Crippen molar-refractivity contribution in [1.82, 2.24) is 15.3 Å². The Kier molecular flexibility index (Phi) is 2.11. The van der Waals surface area contributed by atoms with Crippen LogP contribution in [-0.4, -0.2) is 15.3 Å². The SMILES string of the molecule is Nc1ccc(Oc2cccnc2)c2nonc12. The van der Waals surface area contributed by atoms with Crippen LogP contribution in [0.4, 0.5) is 5.69 Å². The van der Waals surface area contributed by atoms with Crippen molar-refractivity contribution >= 4 is 16.7 Å². The fourth-order valence-corrected chi connectivity index (χ4v) is 1.48. The molecule has 3 aromatic rings. The summed E-state index contributed by atoms with van der Waals surface area (Å²) in [6, 6.07) is 6.99. The van der Waals surface area contributed by atoms with E-state index in [1.807, 2.05) is 0 Å². The van der Waals surface area contributed by atoms with E-state index >= 15 is 0 Å². The molecule has 3 rings (SSSR count). The van der Waals surface area contributed by atoms with Crippen LogP contribution in [-0.2, 0) is 0 Å². The number of benzene rings is 1. The molecule has 6 nitrogen and oxygen atoms in total. The third-order valence-electron chi connectivity index (χ3n) is 2.27. The Labute approximate surface area is 96.0 Å². The summed E-state index contributed by atoms with van der Waals surface area (Å²) in [6.07, 6.45) is 3.28. The maximum atomic E-state index is 5.73. The van der Waals surface area contributed by atoms with E-state index in [9.17, 15) is 0 Å². The van der Waals surface area contributed by atoms with Crippen LogP contribution in [0, 0.1) is 0 Å². The zero-order valence-corrected chi connectivity index (χ0v) is 8.70. The minimum absolute atomic E-state index is 0.492. The molecular formula is C11H8N4O2. The average molecular weight is 228 g/mol. The molecule has 0 bridgehead atoms. The summed E-state index contributed by atoms with van der Waals surface area (Å²) < 4.78 is 10.3. The first-order valence-electron chi connectivity index (χ1n) is 4.93. The highest BCUT2D eigenvalue weighted by Gasteiger charge is 2.11. The van der Waals surface area contributed by atoms with Crippen molar-refractivity contribution in [3.63, 3.8) is 0 Å². The van der Waals surface area contributed by atoms with E-state index in [0.717, 1.165) is 0 Å². The first kappa shape index (κ1) is 9.59. The molecule has 0 aliphatic carbocycles. The maximum Gasteiger partial charge on any atom is 0.179 e. The predicted molar refractivity (Wildman–Crippen MR) is 60.5 cm³/mol.